The van der Waals surface area contributed by atoms with Crippen molar-refractivity contribution in [2.75, 3.05) is 12.1 Å². The minimum atomic E-state index is -0.878. The molecule has 0 aromatic heterocycles. The van der Waals surface area contributed by atoms with E-state index in [1.165, 1.54) is 5.57 Å². The number of carbonyl (C=O) groups excluding carboxylic acids is 1. The van der Waals surface area contributed by atoms with Crippen molar-refractivity contribution in [1.29, 1.82) is 0 Å². The highest BCUT2D eigenvalue weighted by atomic mass is 16.7. The Kier molecular flexibility index (Phi) is 3.71. The third-order valence-corrected chi connectivity index (χ3v) is 5.65. The minimum absolute atomic E-state index is 0.0139. The lowest BCUT2D eigenvalue weighted by Gasteiger charge is -2.26. The molecule has 4 rings (SSSR count). The van der Waals surface area contributed by atoms with Crippen molar-refractivity contribution in [2.45, 2.75) is 26.7 Å². The van der Waals surface area contributed by atoms with Gasteiger partial charge >= 0.3 is 5.97 Å². The lowest BCUT2D eigenvalue weighted by atomic mass is 9.78. The number of carboxylic acid groups (broad SMARTS) is 1. The van der Waals surface area contributed by atoms with Crippen LogP contribution in [0, 0.1) is 23.7 Å². The van der Waals surface area contributed by atoms with Gasteiger partial charge in [0.1, 0.15) is 0 Å². The quantitative estimate of drug-likeness (QED) is 0.824. The fourth-order valence-electron chi connectivity index (χ4n) is 4.80. The number of rotatable bonds is 3. The zero-order valence-electron chi connectivity index (χ0n) is 14.2. The molecular weight excluding hydrogens is 322 g/mol. The molecule has 2 bridgehead atoms. The number of amides is 1. The summed E-state index contributed by atoms with van der Waals surface area (Å²) in [5.74, 6) is -1.01. The van der Waals surface area contributed by atoms with Crippen LogP contribution in [0.2, 0.25) is 0 Å². The second kappa shape index (κ2) is 5.79. The van der Waals surface area contributed by atoms with E-state index in [4.69, 9.17) is 9.47 Å². The topological polar surface area (TPSA) is 84.9 Å². The fraction of sp³-hybridized carbons (Fsp3) is 0.474. The van der Waals surface area contributed by atoms with Gasteiger partial charge in [-0.2, -0.15) is 0 Å². The van der Waals surface area contributed by atoms with E-state index in [-0.39, 0.29) is 24.5 Å². The molecule has 1 aromatic rings. The highest BCUT2D eigenvalue weighted by molar-refractivity contribution is 5.97. The molecule has 6 heteroatoms. The number of allylic oxidation sites excluding steroid dienone is 2. The van der Waals surface area contributed by atoms with E-state index in [1.807, 2.05) is 13.8 Å². The zero-order chi connectivity index (χ0) is 17.7. The van der Waals surface area contributed by atoms with Crippen LogP contribution in [0.3, 0.4) is 0 Å². The highest BCUT2D eigenvalue weighted by Crippen LogP contribution is 2.57. The van der Waals surface area contributed by atoms with E-state index in [0.29, 0.717) is 17.2 Å². The Hall–Kier alpha value is -2.50. The van der Waals surface area contributed by atoms with E-state index in [9.17, 15) is 14.7 Å². The van der Waals surface area contributed by atoms with Crippen LogP contribution in [0.5, 0.6) is 11.5 Å². The van der Waals surface area contributed by atoms with Crippen LogP contribution in [0.25, 0.3) is 0 Å². The maximum absolute atomic E-state index is 12.9. The molecule has 2 N–H and O–H groups in total. The predicted molar refractivity (Wildman–Crippen MR) is 90.4 cm³/mol. The maximum Gasteiger partial charge on any atom is 0.307 e. The third-order valence-electron chi connectivity index (χ3n) is 5.65. The molecule has 0 spiro atoms. The van der Waals surface area contributed by atoms with Gasteiger partial charge in [0, 0.05) is 11.8 Å². The number of anilines is 1. The van der Waals surface area contributed by atoms with E-state index in [2.05, 4.69) is 5.32 Å². The number of hydrogen-bond donors (Lipinski definition) is 2. The lowest BCUT2D eigenvalue weighted by molar-refractivity contribution is -0.148. The van der Waals surface area contributed by atoms with Crippen molar-refractivity contribution in [3.63, 3.8) is 0 Å². The molecule has 25 heavy (non-hydrogen) atoms. The van der Waals surface area contributed by atoms with E-state index < -0.39 is 17.8 Å². The van der Waals surface area contributed by atoms with Gasteiger partial charge < -0.3 is 19.9 Å². The molecule has 1 aliphatic heterocycles. The average Bonchev–Trinajstić information content (AvgIpc) is 3.26. The number of aliphatic carboxylic acids is 1. The van der Waals surface area contributed by atoms with Crippen molar-refractivity contribution < 1.29 is 24.2 Å². The number of ether oxygens (including phenoxy) is 2. The number of benzene rings is 1. The number of hydrogen-bond acceptors (Lipinski definition) is 4. The summed E-state index contributed by atoms with van der Waals surface area (Å²) in [4.78, 5) is 24.8. The molecule has 6 nitrogen and oxygen atoms in total. The van der Waals surface area contributed by atoms with Gasteiger partial charge in [-0.15, -0.1) is 0 Å². The Morgan fingerprint density at radius 3 is 2.44 bits per heavy atom. The first-order valence-electron chi connectivity index (χ1n) is 8.58. The second-order valence-electron chi connectivity index (χ2n) is 7.19. The molecule has 1 amide bonds. The van der Waals surface area contributed by atoms with Gasteiger partial charge in [-0.1, -0.05) is 11.1 Å². The Morgan fingerprint density at radius 2 is 1.76 bits per heavy atom. The van der Waals surface area contributed by atoms with Crippen molar-refractivity contribution in [3.8, 4) is 11.5 Å². The van der Waals surface area contributed by atoms with Crippen LogP contribution in [-0.2, 0) is 9.59 Å². The first-order valence-corrected chi connectivity index (χ1v) is 8.58. The fourth-order valence-corrected chi connectivity index (χ4v) is 4.80. The Bertz CT molecular complexity index is 780. The average molecular weight is 343 g/mol. The normalized spacial score (nSPS) is 29.0. The molecule has 1 heterocycles. The molecule has 0 saturated heterocycles. The second-order valence-corrected chi connectivity index (χ2v) is 7.19. The maximum atomic E-state index is 12.9. The first kappa shape index (κ1) is 16.0. The van der Waals surface area contributed by atoms with Crippen LogP contribution in [-0.4, -0.2) is 23.8 Å². The van der Waals surface area contributed by atoms with E-state index in [0.717, 1.165) is 18.4 Å². The number of carboxylic acids is 1. The summed E-state index contributed by atoms with van der Waals surface area (Å²) in [6, 6.07) is 5.20. The summed E-state index contributed by atoms with van der Waals surface area (Å²) < 4.78 is 10.6. The van der Waals surface area contributed by atoms with Crippen molar-refractivity contribution in [1.82, 2.24) is 0 Å². The van der Waals surface area contributed by atoms with Gasteiger partial charge in [0.25, 0.3) is 0 Å². The zero-order valence-corrected chi connectivity index (χ0v) is 14.2. The Balaban J connectivity index is 1.60. The van der Waals surface area contributed by atoms with Gasteiger partial charge in [0.15, 0.2) is 11.5 Å². The van der Waals surface area contributed by atoms with Crippen LogP contribution in [0.1, 0.15) is 26.7 Å². The lowest BCUT2D eigenvalue weighted by Crippen LogP contribution is -2.37. The Labute approximate surface area is 145 Å². The monoisotopic (exact) mass is 343 g/mol. The minimum Gasteiger partial charge on any atom is -0.481 e. The molecule has 2 fully saturated rings. The van der Waals surface area contributed by atoms with Gasteiger partial charge in [-0.05, 0) is 50.7 Å². The van der Waals surface area contributed by atoms with Crippen molar-refractivity contribution in [2.24, 2.45) is 23.7 Å². The number of carbonyl (C=O) groups is 2. The van der Waals surface area contributed by atoms with Gasteiger partial charge in [-0.3, -0.25) is 9.59 Å². The molecule has 2 saturated carbocycles. The molecule has 4 atom stereocenters. The Morgan fingerprint density at radius 1 is 1.08 bits per heavy atom. The first-order chi connectivity index (χ1) is 12.0. The molecule has 0 unspecified atom stereocenters. The summed E-state index contributed by atoms with van der Waals surface area (Å²) in [6.07, 6.45) is 1.74. The summed E-state index contributed by atoms with van der Waals surface area (Å²) in [5.41, 5.74) is 2.93. The van der Waals surface area contributed by atoms with E-state index >= 15 is 0 Å². The van der Waals surface area contributed by atoms with Crippen LogP contribution in [0.15, 0.2) is 29.3 Å². The molecule has 2 aliphatic carbocycles. The van der Waals surface area contributed by atoms with Crippen molar-refractivity contribution in [3.05, 3.63) is 29.3 Å². The van der Waals surface area contributed by atoms with Gasteiger partial charge in [0.2, 0.25) is 12.7 Å². The molecule has 132 valence electrons. The van der Waals surface area contributed by atoms with E-state index in [1.54, 1.807) is 18.2 Å². The highest BCUT2D eigenvalue weighted by Gasteiger charge is 2.57. The van der Waals surface area contributed by atoms with Gasteiger partial charge in [0.05, 0.1) is 11.8 Å². The third kappa shape index (κ3) is 2.47. The molecule has 3 aliphatic rings. The molecule has 1 aromatic carbocycles. The van der Waals surface area contributed by atoms with Crippen LogP contribution >= 0.6 is 0 Å². The van der Waals surface area contributed by atoms with Crippen molar-refractivity contribution >= 4 is 17.6 Å². The summed E-state index contributed by atoms with van der Waals surface area (Å²) in [7, 11) is 0. The van der Waals surface area contributed by atoms with Crippen LogP contribution < -0.4 is 14.8 Å². The summed E-state index contributed by atoms with van der Waals surface area (Å²) in [5, 5.41) is 12.6. The smallest absolute Gasteiger partial charge is 0.307 e. The number of nitrogens with one attached hydrogen (secondary N) is 1. The summed E-state index contributed by atoms with van der Waals surface area (Å²) >= 11 is 0. The molecule has 0 radical (unpaired) electrons. The van der Waals surface area contributed by atoms with Gasteiger partial charge in [-0.25, -0.2) is 0 Å². The standard InChI is InChI=1S/C19H21NO5/c1-9(2)15-11-4-5-12(15)17(19(22)23)16(11)18(21)20-10-3-6-13-14(7-10)25-8-24-13/h3,6-7,11-12,16-17H,4-5,8H2,1-2H3,(H,20,21)(H,22,23)/t11-,12-,16-,17-/m1/s1. The molecular formula is C19H21NO5. The number of fused-ring (bicyclic) bond motifs is 3. The predicted octanol–water partition coefficient (Wildman–Crippen LogP) is 3.05. The summed E-state index contributed by atoms with van der Waals surface area (Å²) in [6.45, 7) is 4.19. The SMILES string of the molecule is CC(C)=C1[C@H]2CC[C@H]1[C@@H](C(=O)Nc1ccc3c(c1)OCO3)[C@@H]2C(=O)O. The van der Waals surface area contributed by atoms with Crippen LogP contribution in [0.4, 0.5) is 5.69 Å². The largest absolute Gasteiger partial charge is 0.481 e.